The van der Waals surface area contributed by atoms with Crippen LogP contribution in [0.25, 0.3) is 0 Å². The highest BCUT2D eigenvalue weighted by Crippen LogP contribution is 2.38. The van der Waals surface area contributed by atoms with Crippen LogP contribution in [0.15, 0.2) is 12.3 Å². The molecule has 2 fully saturated rings. The smallest absolute Gasteiger partial charge is 0.410 e. The Hall–Kier alpha value is -2.06. The molecule has 3 aliphatic heterocycles. The number of ether oxygens (including phenoxy) is 4. The number of piperidine rings is 1. The zero-order valence-corrected chi connectivity index (χ0v) is 21.7. The minimum absolute atomic E-state index is 0.156. The van der Waals surface area contributed by atoms with Gasteiger partial charge in [-0.3, -0.25) is 9.88 Å². The Morgan fingerprint density at radius 2 is 1.74 bits per heavy atom. The van der Waals surface area contributed by atoms with E-state index in [0.29, 0.717) is 32.2 Å². The van der Waals surface area contributed by atoms with E-state index in [1.165, 1.54) is 12.8 Å². The van der Waals surface area contributed by atoms with Gasteiger partial charge in [0.25, 0.3) is 0 Å². The van der Waals surface area contributed by atoms with Crippen molar-refractivity contribution < 1.29 is 23.7 Å². The van der Waals surface area contributed by atoms with Crippen molar-refractivity contribution in [3.63, 3.8) is 0 Å². The van der Waals surface area contributed by atoms with Crippen LogP contribution in [0, 0.1) is 5.41 Å². The van der Waals surface area contributed by atoms with Gasteiger partial charge < -0.3 is 23.8 Å². The highest BCUT2D eigenvalue weighted by molar-refractivity contribution is 5.68. The quantitative estimate of drug-likeness (QED) is 0.616. The number of hydrogen-bond acceptors (Lipinski definition) is 7. The standard InChI is InChI=1S/C22H33N3O5.C4H10/c1-21(2,3)30-20(26)25-7-4-22(5-8-25)6-9-27-16-24(15-22)14-17-12-18-19(13-23-17)29-11-10-28-18;1-3-4-2/h12-13H,4-11,14-16H2,1-3H3;3-4H2,1-2H3. The van der Waals surface area contributed by atoms with Crippen molar-refractivity contribution in [3.05, 3.63) is 18.0 Å². The second-order valence-corrected chi connectivity index (χ2v) is 10.6. The number of carbonyl (C=O) groups excluding carboxylic acids is 1. The maximum Gasteiger partial charge on any atom is 0.410 e. The monoisotopic (exact) mass is 477 g/mol. The summed E-state index contributed by atoms with van der Waals surface area (Å²) in [5.41, 5.74) is 0.643. The Morgan fingerprint density at radius 1 is 1.06 bits per heavy atom. The normalized spacial score (nSPS) is 20.2. The van der Waals surface area contributed by atoms with Crippen LogP contribution in [0.2, 0.25) is 0 Å². The van der Waals surface area contributed by atoms with E-state index in [1.54, 1.807) is 6.20 Å². The summed E-state index contributed by atoms with van der Waals surface area (Å²) in [4.78, 5) is 21.1. The van der Waals surface area contributed by atoms with Crippen molar-refractivity contribution in [3.8, 4) is 11.5 Å². The first-order chi connectivity index (χ1) is 16.2. The van der Waals surface area contributed by atoms with Crippen molar-refractivity contribution in [2.24, 2.45) is 5.41 Å². The molecular formula is C26H43N3O5. The lowest BCUT2D eigenvalue weighted by Gasteiger charge is -2.43. The van der Waals surface area contributed by atoms with Crippen LogP contribution in [0.4, 0.5) is 4.79 Å². The number of fused-ring (bicyclic) bond motifs is 1. The summed E-state index contributed by atoms with van der Waals surface area (Å²) in [6, 6.07) is 1.97. The van der Waals surface area contributed by atoms with E-state index >= 15 is 0 Å². The highest BCUT2D eigenvalue weighted by Gasteiger charge is 2.39. The molecule has 0 radical (unpaired) electrons. The summed E-state index contributed by atoms with van der Waals surface area (Å²) in [5, 5.41) is 0. The molecule has 0 aromatic carbocycles. The number of aromatic nitrogens is 1. The molecule has 2 saturated heterocycles. The maximum atomic E-state index is 12.4. The molecule has 0 unspecified atom stereocenters. The lowest BCUT2D eigenvalue weighted by molar-refractivity contribution is 0.00413. The van der Waals surface area contributed by atoms with Crippen molar-refractivity contribution in [1.29, 1.82) is 0 Å². The van der Waals surface area contributed by atoms with Gasteiger partial charge in [-0.2, -0.15) is 0 Å². The molecule has 0 aliphatic carbocycles. The van der Waals surface area contributed by atoms with Gasteiger partial charge in [0.05, 0.1) is 18.6 Å². The van der Waals surface area contributed by atoms with Gasteiger partial charge in [0.15, 0.2) is 11.5 Å². The van der Waals surface area contributed by atoms with Gasteiger partial charge in [-0.15, -0.1) is 0 Å². The number of rotatable bonds is 3. The summed E-state index contributed by atoms with van der Waals surface area (Å²) in [6.07, 6.45) is 7.11. The predicted molar refractivity (Wildman–Crippen MR) is 131 cm³/mol. The molecule has 3 aliphatic rings. The highest BCUT2D eigenvalue weighted by atomic mass is 16.6. The van der Waals surface area contributed by atoms with Crippen molar-refractivity contribution in [1.82, 2.24) is 14.8 Å². The van der Waals surface area contributed by atoms with Crippen LogP contribution < -0.4 is 9.47 Å². The molecule has 0 atom stereocenters. The summed E-state index contributed by atoms with van der Waals surface area (Å²) in [5.74, 6) is 1.48. The number of hydrogen-bond donors (Lipinski definition) is 0. The van der Waals surface area contributed by atoms with E-state index in [9.17, 15) is 4.79 Å². The Kier molecular flexibility index (Phi) is 9.42. The fourth-order valence-electron chi connectivity index (χ4n) is 4.39. The Labute approximate surface area is 204 Å². The topological polar surface area (TPSA) is 73.4 Å². The molecular weight excluding hydrogens is 434 g/mol. The van der Waals surface area contributed by atoms with E-state index in [2.05, 4.69) is 23.7 Å². The molecule has 1 aromatic rings. The second kappa shape index (κ2) is 12.1. The van der Waals surface area contributed by atoms with Crippen molar-refractivity contribution in [2.45, 2.75) is 78.9 Å². The first-order valence-corrected chi connectivity index (χ1v) is 12.8. The molecule has 1 spiro atoms. The number of pyridine rings is 1. The van der Waals surface area contributed by atoms with E-state index < -0.39 is 5.60 Å². The third-order valence-electron chi connectivity index (χ3n) is 6.46. The van der Waals surface area contributed by atoms with Crippen LogP contribution in [0.1, 0.15) is 72.4 Å². The first kappa shape index (κ1) is 26.5. The van der Waals surface area contributed by atoms with Gasteiger partial charge in [-0.25, -0.2) is 4.79 Å². The fraction of sp³-hybridized carbons (Fsp3) is 0.769. The second-order valence-electron chi connectivity index (χ2n) is 10.6. The summed E-state index contributed by atoms with van der Waals surface area (Å²) in [6.45, 7) is 15.6. The molecule has 0 bridgehead atoms. The van der Waals surface area contributed by atoms with Gasteiger partial charge in [0.1, 0.15) is 18.8 Å². The van der Waals surface area contributed by atoms with Gasteiger partial charge >= 0.3 is 6.09 Å². The third kappa shape index (κ3) is 7.73. The van der Waals surface area contributed by atoms with Crippen molar-refractivity contribution in [2.75, 3.05) is 46.2 Å². The predicted octanol–water partition coefficient (Wildman–Crippen LogP) is 4.86. The molecule has 0 N–H and O–H groups in total. The van der Waals surface area contributed by atoms with E-state index in [0.717, 1.165) is 56.9 Å². The minimum Gasteiger partial charge on any atom is -0.486 e. The van der Waals surface area contributed by atoms with Crippen LogP contribution in [-0.4, -0.2) is 72.7 Å². The van der Waals surface area contributed by atoms with Crippen LogP contribution in [-0.2, 0) is 16.0 Å². The van der Waals surface area contributed by atoms with Gasteiger partial charge in [-0.1, -0.05) is 26.7 Å². The zero-order valence-electron chi connectivity index (χ0n) is 21.7. The van der Waals surface area contributed by atoms with Gasteiger partial charge in [-0.05, 0) is 45.4 Å². The molecule has 0 saturated carbocycles. The van der Waals surface area contributed by atoms with Gasteiger partial charge in [0.2, 0.25) is 0 Å². The molecule has 8 heteroatoms. The minimum atomic E-state index is -0.462. The maximum absolute atomic E-state index is 12.4. The first-order valence-electron chi connectivity index (χ1n) is 12.8. The van der Waals surface area contributed by atoms with E-state index in [1.807, 2.05) is 31.7 Å². The molecule has 8 nitrogen and oxygen atoms in total. The molecule has 1 amide bonds. The molecule has 4 rings (SSSR count). The average molecular weight is 478 g/mol. The zero-order chi connectivity index (χ0) is 24.6. The molecule has 192 valence electrons. The van der Waals surface area contributed by atoms with E-state index in [4.69, 9.17) is 18.9 Å². The van der Waals surface area contributed by atoms with Crippen LogP contribution >= 0.6 is 0 Å². The van der Waals surface area contributed by atoms with E-state index in [-0.39, 0.29) is 11.5 Å². The number of amides is 1. The lowest BCUT2D eigenvalue weighted by atomic mass is 9.75. The average Bonchev–Trinajstić information content (AvgIpc) is 3.00. The third-order valence-corrected chi connectivity index (χ3v) is 6.46. The molecule has 34 heavy (non-hydrogen) atoms. The largest absolute Gasteiger partial charge is 0.486 e. The lowest BCUT2D eigenvalue weighted by Crippen LogP contribution is -2.48. The summed E-state index contributed by atoms with van der Waals surface area (Å²) in [7, 11) is 0. The number of likely N-dealkylation sites (tertiary alicyclic amines) is 1. The fourth-order valence-corrected chi connectivity index (χ4v) is 4.39. The SMILES string of the molecule is CC(C)(C)OC(=O)N1CCC2(CCOCN(Cc3cc4c(cn3)OCCO4)C2)CC1.CCCC. The molecule has 1 aromatic heterocycles. The van der Waals surface area contributed by atoms with Gasteiger partial charge in [0, 0.05) is 38.9 Å². The Bertz CT molecular complexity index is 785. The summed E-state index contributed by atoms with van der Waals surface area (Å²) < 4.78 is 22.7. The summed E-state index contributed by atoms with van der Waals surface area (Å²) >= 11 is 0. The number of carbonyl (C=O) groups is 1. The Morgan fingerprint density at radius 3 is 2.38 bits per heavy atom. The molecule has 4 heterocycles. The van der Waals surface area contributed by atoms with Crippen LogP contribution in [0.5, 0.6) is 11.5 Å². The number of nitrogens with zero attached hydrogens (tertiary/aromatic N) is 3. The number of unbranched alkanes of at least 4 members (excludes halogenated alkanes) is 1. The Balaban J connectivity index is 0.000000751. The van der Waals surface area contributed by atoms with Crippen molar-refractivity contribution >= 4 is 6.09 Å². The van der Waals surface area contributed by atoms with Crippen LogP contribution in [0.3, 0.4) is 0 Å².